The van der Waals surface area contributed by atoms with Crippen LogP contribution in [-0.4, -0.2) is 15.9 Å². The largest absolute Gasteiger partial charge is 0.397 e. The Hall–Kier alpha value is -3.25. The molecule has 3 N–H and O–H groups in total. The molecule has 0 radical (unpaired) electrons. The smallest absolute Gasteiger partial charge is 0.269 e. The Balaban J connectivity index is 1.70. The average Bonchev–Trinajstić information content (AvgIpc) is 2.99. The predicted octanol–water partition coefficient (Wildman–Crippen LogP) is 4.50. The number of benzene rings is 1. The minimum atomic E-state index is -0.277. The van der Waals surface area contributed by atoms with E-state index in [2.05, 4.69) is 27.4 Å². The van der Waals surface area contributed by atoms with Gasteiger partial charge in [-0.05, 0) is 31.2 Å². The zero-order valence-corrected chi connectivity index (χ0v) is 14.9. The van der Waals surface area contributed by atoms with E-state index in [1.165, 1.54) is 16.9 Å². The number of aromatic nitrogens is 2. The monoisotopic (exact) mass is 360 g/mol. The number of nitrogen functional groups attached to an aromatic ring is 1. The average molecular weight is 360 g/mol. The summed E-state index contributed by atoms with van der Waals surface area (Å²) in [6, 6.07) is 17.4. The second kappa shape index (κ2) is 6.57. The van der Waals surface area contributed by atoms with Crippen LogP contribution in [0.4, 0.5) is 11.5 Å². The molecule has 128 valence electrons. The summed E-state index contributed by atoms with van der Waals surface area (Å²) in [5.74, 6) is 0.212. The van der Waals surface area contributed by atoms with Gasteiger partial charge in [-0.3, -0.25) is 4.79 Å². The van der Waals surface area contributed by atoms with Gasteiger partial charge in [-0.2, -0.15) is 0 Å². The first-order valence-corrected chi connectivity index (χ1v) is 8.92. The standard InChI is InChI=1S/C20H16N4OS/c1-12-5-7-13(8-6-12)15-10-9-14-17(21)18(26-20(14)23-15)19(25)24-16-4-2-3-11-22-16/h2-11H,21H2,1H3,(H,22,24,25). The molecule has 0 fully saturated rings. The number of rotatable bonds is 3. The van der Waals surface area contributed by atoms with E-state index in [1.54, 1.807) is 18.3 Å². The minimum Gasteiger partial charge on any atom is -0.397 e. The molecule has 6 heteroatoms. The quantitative estimate of drug-likeness (QED) is 0.563. The number of carbonyl (C=O) groups excluding carboxylic acids is 1. The first-order chi connectivity index (χ1) is 12.6. The molecular formula is C20H16N4OS. The second-order valence-corrected chi connectivity index (χ2v) is 6.93. The number of amides is 1. The maximum Gasteiger partial charge on any atom is 0.269 e. The van der Waals surface area contributed by atoms with E-state index < -0.39 is 0 Å². The van der Waals surface area contributed by atoms with Crippen molar-refractivity contribution in [3.05, 3.63) is 71.2 Å². The zero-order chi connectivity index (χ0) is 18.1. The highest BCUT2D eigenvalue weighted by molar-refractivity contribution is 7.21. The van der Waals surface area contributed by atoms with E-state index in [0.29, 0.717) is 16.4 Å². The van der Waals surface area contributed by atoms with Gasteiger partial charge in [-0.15, -0.1) is 11.3 Å². The van der Waals surface area contributed by atoms with E-state index in [4.69, 9.17) is 5.73 Å². The molecule has 0 bridgehead atoms. The number of carbonyl (C=O) groups is 1. The van der Waals surface area contributed by atoms with Crippen molar-refractivity contribution in [3.63, 3.8) is 0 Å². The summed E-state index contributed by atoms with van der Waals surface area (Å²) in [6.45, 7) is 2.05. The number of nitrogens with one attached hydrogen (secondary N) is 1. The van der Waals surface area contributed by atoms with E-state index in [-0.39, 0.29) is 5.91 Å². The Morgan fingerprint density at radius 1 is 1.08 bits per heavy atom. The molecule has 4 rings (SSSR count). The third-order valence-electron chi connectivity index (χ3n) is 4.05. The Labute approximate surface area is 154 Å². The Bertz CT molecular complexity index is 1090. The van der Waals surface area contributed by atoms with Crippen molar-refractivity contribution in [1.82, 2.24) is 9.97 Å². The molecule has 1 aromatic carbocycles. The molecule has 0 unspecified atom stereocenters. The lowest BCUT2D eigenvalue weighted by atomic mass is 10.1. The highest BCUT2D eigenvalue weighted by atomic mass is 32.1. The van der Waals surface area contributed by atoms with Gasteiger partial charge >= 0.3 is 0 Å². The number of anilines is 2. The fourth-order valence-corrected chi connectivity index (χ4v) is 3.65. The van der Waals surface area contributed by atoms with Gasteiger partial charge in [-0.1, -0.05) is 35.9 Å². The normalized spacial score (nSPS) is 10.8. The summed E-state index contributed by atoms with van der Waals surface area (Å²) in [6.07, 6.45) is 1.62. The summed E-state index contributed by atoms with van der Waals surface area (Å²) in [5.41, 5.74) is 9.72. The molecule has 1 amide bonds. The number of thiophene rings is 1. The lowest BCUT2D eigenvalue weighted by Crippen LogP contribution is -2.12. The van der Waals surface area contributed by atoms with Gasteiger partial charge in [0.2, 0.25) is 0 Å². The van der Waals surface area contributed by atoms with E-state index in [1.807, 2.05) is 37.3 Å². The molecule has 4 aromatic rings. The Kier molecular flexibility index (Phi) is 4.10. The van der Waals surface area contributed by atoms with Crippen molar-refractivity contribution in [2.24, 2.45) is 0 Å². The third-order valence-corrected chi connectivity index (χ3v) is 5.17. The fraction of sp³-hybridized carbons (Fsp3) is 0.0500. The number of hydrogen-bond acceptors (Lipinski definition) is 5. The van der Waals surface area contributed by atoms with Crippen molar-refractivity contribution >= 4 is 39.0 Å². The SMILES string of the molecule is Cc1ccc(-c2ccc3c(N)c(C(=O)Nc4ccccn4)sc3n2)cc1. The molecule has 0 atom stereocenters. The van der Waals surface area contributed by atoms with Crippen molar-refractivity contribution in [3.8, 4) is 11.3 Å². The summed E-state index contributed by atoms with van der Waals surface area (Å²) in [7, 11) is 0. The predicted molar refractivity (Wildman–Crippen MR) is 106 cm³/mol. The summed E-state index contributed by atoms with van der Waals surface area (Å²) < 4.78 is 0. The topological polar surface area (TPSA) is 80.9 Å². The fourth-order valence-electron chi connectivity index (χ4n) is 2.66. The number of nitrogens with zero attached hydrogens (tertiary/aromatic N) is 2. The molecule has 3 aromatic heterocycles. The van der Waals surface area contributed by atoms with Crippen molar-refractivity contribution in [2.75, 3.05) is 11.1 Å². The molecule has 26 heavy (non-hydrogen) atoms. The number of aryl methyl sites for hydroxylation is 1. The third kappa shape index (κ3) is 3.02. The highest BCUT2D eigenvalue weighted by Crippen LogP contribution is 2.34. The summed E-state index contributed by atoms with van der Waals surface area (Å²) in [4.78, 5) is 22.5. The van der Waals surface area contributed by atoms with Gasteiger partial charge in [0.25, 0.3) is 5.91 Å². The van der Waals surface area contributed by atoms with Crippen molar-refractivity contribution < 1.29 is 4.79 Å². The van der Waals surface area contributed by atoms with Crippen LogP contribution < -0.4 is 11.1 Å². The molecule has 5 nitrogen and oxygen atoms in total. The number of nitrogens with two attached hydrogens (primary N) is 1. The molecular weight excluding hydrogens is 344 g/mol. The highest BCUT2D eigenvalue weighted by Gasteiger charge is 2.18. The van der Waals surface area contributed by atoms with Gasteiger partial charge in [-0.25, -0.2) is 9.97 Å². The van der Waals surface area contributed by atoms with Crippen LogP contribution in [-0.2, 0) is 0 Å². The Morgan fingerprint density at radius 2 is 1.88 bits per heavy atom. The van der Waals surface area contributed by atoms with Gasteiger partial charge < -0.3 is 11.1 Å². The maximum atomic E-state index is 12.5. The van der Waals surface area contributed by atoms with Crippen LogP contribution in [0.15, 0.2) is 60.8 Å². The lowest BCUT2D eigenvalue weighted by molar-refractivity contribution is 0.103. The van der Waals surface area contributed by atoms with Crippen LogP contribution in [0.3, 0.4) is 0 Å². The molecule has 0 saturated heterocycles. The van der Waals surface area contributed by atoms with Crippen LogP contribution in [0.2, 0.25) is 0 Å². The van der Waals surface area contributed by atoms with Crippen molar-refractivity contribution in [2.45, 2.75) is 6.92 Å². The number of hydrogen-bond donors (Lipinski definition) is 2. The molecule has 0 aliphatic rings. The Morgan fingerprint density at radius 3 is 2.62 bits per heavy atom. The minimum absolute atomic E-state index is 0.277. The van der Waals surface area contributed by atoms with Crippen LogP contribution in [0.5, 0.6) is 0 Å². The summed E-state index contributed by atoms with van der Waals surface area (Å²) in [5, 5.41) is 3.55. The van der Waals surface area contributed by atoms with Crippen LogP contribution in [0, 0.1) is 6.92 Å². The van der Waals surface area contributed by atoms with Crippen LogP contribution in [0.25, 0.3) is 21.5 Å². The van der Waals surface area contributed by atoms with Gasteiger partial charge in [0.1, 0.15) is 15.5 Å². The van der Waals surface area contributed by atoms with E-state index in [0.717, 1.165) is 21.5 Å². The molecule has 0 saturated carbocycles. The van der Waals surface area contributed by atoms with Crippen LogP contribution in [0.1, 0.15) is 15.2 Å². The summed E-state index contributed by atoms with van der Waals surface area (Å²) >= 11 is 1.29. The number of fused-ring (bicyclic) bond motifs is 1. The molecule has 0 spiro atoms. The number of pyridine rings is 2. The lowest BCUT2D eigenvalue weighted by Gasteiger charge is -2.02. The first kappa shape index (κ1) is 16.2. The van der Waals surface area contributed by atoms with E-state index in [9.17, 15) is 4.79 Å². The van der Waals surface area contributed by atoms with E-state index >= 15 is 0 Å². The van der Waals surface area contributed by atoms with Gasteiger partial charge in [0.15, 0.2) is 0 Å². The second-order valence-electron chi connectivity index (χ2n) is 5.93. The first-order valence-electron chi connectivity index (χ1n) is 8.10. The van der Waals surface area contributed by atoms with Gasteiger partial charge in [0.05, 0.1) is 11.4 Å². The maximum absolute atomic E-state index is 12.5. The van der Waals surface area contributed by atoms with Crippen LogP contribution >= 0.6 is 11.3 Å². The van der Waals surface area contributed by atoms with Crippen molar-refractivity contribution in [1.29, 1.82) is 0 Å². The van der Waals surface area contributed by atoms with Gasteiger partial charge in [0, 0.05) is 17.1 Å². The molecule has 0 aliphatic heterocycles. The zero-order valence-electron chi connectivity index (χ0n) is 14.1. The molecule has 0 aliphatic carbocycles. The molecule has 3 heterocycles.